The van der Waals surface area contributed by atoms with Gasteiger partial charge >= 0.3 is 0 Å². The molecular weight excluding hydrogens is 250 g/mol. The smallest absolute Gasteiger partial charge is 0.122 e. The van der Waals surface area contributed by atoms with Crippen LogP contribution in [-0.2, 0) is 6.42 Å². The molecule has 2 aromatic rings. The zero-order chi connectivity index (χ0) is 14.5. The summed E-state index contributed by atoms with van der Waals surface area (Å²) in [5.74, 6) is 0.770. The molecule has 0 heterocycles. The molecule has 2 rings (SSSR count). The first-order valence-corrected chi connectivity index (χ1v) is 6.45. The number of hydrogen-bond donors (Lipinski definition) is 1. The third kappa shape index (κ3) is 3.17. The number of aliphatic hydroxyl groups excluding tert-OH is 1. The summed E-state index contributed by atoms with van der Waals surface area (Å²) in [7, 11) is 1.62. The molecule has 20 heavy (non-hydrogen) atoms. The standard InChI is InChI=1S/C17H17NO2/c1-12-6-7-17(20-2)15(8-12)10-16(19)14-5-3-4-13(9-14)11-18/h3-9,16,19H,10H2,1-2H3. The van der Waals surface area contributed by atoms with Gasteiger partial charge in [0.15, 0.2) is 0 Å². The Bertz CT molecular complexity index is 644. The van der Waals surface area contributed by atoms with E-state index in [-0.39, 0.29) is 0 Å². The highest BCUT2D eigenvalue weighted by Gasteiger charge is 2.12. The Morgan fingerprint density at radius 3 is 2.75 bits per heavy atom. The molecule has 3 heteroatoms. The van der Waals surface area contributed by atoms with Gasteiger partial charge in [0.2, 0.25) is 0 Å². The molecule has 2 aromatic carbocycles. The summed E-state index contributed by atoms with van der Waals surface area (Å²) in [5, 5.41) is 19.2. The Balaban J connectivity index is 2.25. The molecule has 102 valence electrons. The van der Waals surface area contributed by atoms with E-state index < -0.39 is 6.10 Å². The van der Waals surface area contributed by atoms with Crippen molar-refractivity contribution in [3.63, 3.8) is 0 Å². The van der Waals surface area contributed by atoms with E-state index in [2.05, 4.69) is 6.07 Å². The topological polar surface area (TPSA) is 53.2 Å². The lowest BCUT2D eigenvalue weighted by atomic mass is 9.98. The Labute approximate surface area is 119 Å². The van der Waals surface area contributed by atoms with Crippen LogP contribution in [0.2, 0.25) is 0 Å². The van der Waals surface area contributed by atoms with Crippen molar-refractivity contribution in [2.75, 3.05) is 7.11 Å². The second-order valence-corrected chi connectivity index (χ2v) is 4.77. The van der Waals surface area contributed by atoms with Crippen LogP contribution in [0.1, 0.15) is 28.4 Å². The van der Waals surface area contributed by atoms with Gasteiger partial charge in [0.25, 0.3) is 0 Å². The number of nitrogens with zero attached hydrogens (tertiary/aromatic N) is 1. The molecule has 0 aliphatic carbocycles. The van der Waals surface area contributed by atoms with E-state index >= 15 is 0 Å². The summed E-state index contributed by atoms with van der Waals surface area (Å²) in [5.41, 5.74) is 3.38. The zero-order valence-electron chi connectivity index (χ0n) is 11.6. The maximum Gasteiger partial charge on any atom is 0.122 e. The van der Waals surface area contributed by atoms with Crippen LogP contribution in [0.25, 0.3) is 0 Å². The first kappa shape index (κ1) is 14.1. The van der Waals surface area contributed by atoms with Crippen molar-refractivity contribution < 1.29 is 9.84 Å². The van der Waals surface area contributed by atoms with Gasteiger partial charge in [0.1, 0.15) is 5.75 Å². The van der Waals surface area contributed by atoms with Crippen LogP contribution in [-0.4, -0.2) is 12.2 Å². The van der Waals surface area contributed by atoms with Crippen LogP contribution in [0.4, 0.5) is 0 Å². The van der Waals surface area contributed by atoms with E-state index in [9.17, 15) is 5.11 Å². The van der Waals surface area contributed by atoms with Crippen LogP contribution in [0.3, 0.4) is 0 Å². The summed E-state index contributed by atoms with van der Waals surface area (Å²) in [6, 6.07) is 15.0. The zero-order valence-corrected chi connectivity index (χ0v) is 11.6. The second-order valence-electron chi connectivity index (χ2n) is 4.77. The molecule has 0 amide bonds. The minimum atomic E-state index is -0.654. The second kappa shape index (κ2) is 6.23. The first-order chi connectivity index (χ1) is 9.63. The van der Waals surface area contributed by atoms with Crippen molar-refractivity contribution in [1.29, 1.82) is 5.26 Å². The first-order valence-electron chi connectivity index (χ1n) is 6.45. The van der Waals surface area contributed by atoms with Gasteiger partial charge in [-0.2, -0.15) is 5.26 Å². The van der Waals surface area contributed by atoms with Gasteiger partial charge in [-0.25, -0.2) is 0 Å². The Kier molecular flexibility index (Phi) is 4.39. The third-order valence-electron chi connectivity index (χ3n) is 3.25. The highest BCUT2D eigenvalue weighted by molar-refractivity contribution is 5.39. The van der Waals surface area contributed by atoms with E-state index in [0.29, 0.717) is 12.0 Å². The molecule has 0 aliphatic rings. The summed E-state index contributed by atoms with van der Waals surface area (Å²) in [6.07, 6.45) is -0.196. The Morgan fingerprint density at radius 2 is 2.05 bits per heavy atom. The van der Waals surface area contributed by atoms with Crippen molar-refractivity contribution in [2.45, 2.75) is 19.4 Å². The lowest BCUT2D eigenvalue weighted by Gasteiger charge is -2.14. The molecule has 1 N–H and O–H groups in total. The number of benzene rings is 2. The van der Waals surface area contributed by atoms with E-state index in [1.807, 2.05) is 31.2 Å². The predicted octanol–water partition coefficient (Wildman–Crippen LogP) is 3.15. The molecule has 0 aromatic heterocycles. The fraction of sp³-hybridized carbons (Fsp3) is 0.235. The lowest BCUT2D eigenvalue weighted by Crippen LogP contribution is -2.04. The minimum absolute atomic E-state index is 0.458. The molecule has 0 saturated heterocycles. The maximum atomic E-state index is 10.3. The lowest BCUT2D eigenvalue weighted by molar-refractivity contribution is 0.177. The summed E-state index contributed by atoms with van der Waals surface area (Å²) in [6.45, 7) is 2.01. The number of hydrogen-bond acceptors (Lipinski definition) is 3. The average molecular weight is 267 g/mol. The van der Waals surface area contributed by atoms with Crippen molar-refractivity contribution in [3.05, 3.63) is 64.7 Å². The molecule has 1 atom stereocenters. The van der Waals surface area contributed by atoms with Crippen LogP contribution in [0.5, 0.6) is 5.75 Å². The van der Waals surface area contributed by atoms with Crippen molar-refractivity contribution in [1.82, 2.24) is 0 Å². The van der Waals surface area contributed by atoms with E-state index in [1.165, 1.54) is 0 Å². The highest BCUT2D eigenvalue weighted by atomic mass is 16.5. The molecule has 0 radical (unpaired) electrons. The normalized spacial score (nSPS) is 11.7. The SMILES string of the molecule is COc1ccc(C)cc1CC(O)c1cccc(C#N)c1. The maximum absolute atomic E-state index is 10.3. The fourth-order valence-corrected chi connectivity index (χ4v) is 2.21. The summed E-state index contributed by atoms with van der Waals surface area (Å²) in [4.78, 5) is 0. The molecule has 0 fully saturated rings. The van der Waals surface area contributed by atoms with E-state index in [4.69, 9.17) is 10.00 Å². The number of nitriles is 1. The quantitative estimate of drug-likeness (QED) is 0.925. The van der Waals surface area contributed by atoms with Crippen LogP contribution in [0, 0.1) is 18.3 Å². The molecule has 1 unspecified atom stereocenters. The average Bonchev–Trinajstić information content (AvgIpc) is 2.47. The number of rotatable bonds is 4. The third-order valence-corrected chi connectivity index (χ3v) is 3.25. The molecule has 0 aliphatic heterocycles. The predicted molar refractivity (Wildman–Crippen MR) is 77.6 cm³/mol. The minimum Gasteiger partial charge on any atom is -0.496 e. The van der Waals surface area contributed by atoms with Gasteiger partial charge in [0, 0.05) is 6.42 Å². The van der Waals surface area contributed by atoms with E-state index in [0.717, 1.165) is 22.4 Å². The van der Waals surface area contributed by atoms with Gasteiger partial charge < -0.3 is 9.84 Å². The van der Waals surface area contributed by atoms with Gasteiger partial charge in [-0.1, -0.05) is 29.8 Å². The summed E-state index contributed by atoms with van der Waals surface area (Å²) < 4.78 is 5.32. The Hall–Kier alpha value is -2.31. The number of methoxy groups -OCH3 is 1. The van der Waals surface area contributed by atoms with Gasteiger partial charge in [0.05, 0.1) is 24.8 Å². The fourth-order valence-electron chi connectivity index (χ4n) is 2.21. The number of aryl methyl sites for hydroxylation is 1. The van der Waals surface area contributed by atoms with Crippen LogP contribution >= 0.6 is 0 Å². The summed E-state index contributed by atoms with van der Waals surface area (Å²) >= 11 is 0. The van der Waals surface area contributed by atoms with Gasteiger partial charge in [-0.05, 0) is 36.2 Å². The monoisotopic (exact) mass is 267 g/mol. The molecular formula is C17H17NO2. The Morgan fingerprint density at radius 1 is 1.25 bits per heavy atom. The number of ether oxygens (including phenoxy) is 1. The van der Waals surface area contributed by atoms with E-state index in [1.54, 1.807) is 25.3 Å². The molecule has 0 spiro atoms. The highest BCUT2D eigenvalue weighted by Crippen LogP contribution is 2.26. The molecule has 0 saturated carbocycles. The van der Waals surface area contributed by atoms with Crippen molar-refractivity contribution >= 4 is 0 Å². The van der Waals surface area contributed by atoms with Crippen molar-refractivity contribution in [2.24, 2.45) is 0 Å². The van der Waals surface area contributed by atoms with Gasteiger partial charge in [-0.3, -0.25) is 0 Å². The number of aliphatic hydroxyl groups is 1. The largest absolute Gasteiger partial charge is 0.496 e. The van der Waals surface area contributed by atoms with Crippen LogP contribution in [0.15, 0.2) is 42.5 Å². The molecule has 3 nitrogen and oxygen atoms in total. The van der Waals surface area contributed by atoms with Crippen molar-refractivity contribution in [3.8, 4) is 11.8 Å². The van der Waals surface area contributed by atoms with Gasteiger partial charge in [-0.15, -0.1) is 0 Å². The van der Waals surface area contributed by atoms with Crippen LogP contribution < -0.4 is 4.74 Å². The molecule has 0 bridgehead atoms.